The molecule has 5 rings (SSSR count). The molecule has 1 N–H and O–H groups in total. The van der Waals surface area contributed by atoms with Crippen LogP contribution in [0.2, 0.25) is 0 Å². The number of carbonyl (C=O) groups is 1. The van der Waals surface area contributed by atoms with Crippen LogP contribution in [0, 0.1) is 5.41 Å². The Hall–Kier alpha value is -3.06. The average molecular weight is 374 g/mol. The van der Waals surface area contributed by atoms with Gasteiger partial charge in [0.25, 0.3) is 5.91 Å². The van der Waals surface area contributed by atoms with Crippen molar-refractivity contribution < 1.29 is 4.79 Å². The van der Waals surface area contributed by atoms with Crippen LogP contribution in [0.3, 0.4) is 0 Å². The predicted octanol–water partition coefficient (Wildman–Crippen LogP) is 2.04. The Bertz CT molecular complexity index is 980. The fourth-order valence-electron chi connectivity index (χ4n) is 4.57. The molecule has 1 spiro atoms. The quantitative estimate of drug-likeness (QED) is 0.759. The van der Waals surface area contributed by atoms with Gasteiger partial charge in [-0.3, -0.25) is 14.9 Å². The highest BCUT2D eigenvalue weighted by atomic mass is 16.2. The van der Waals surface area contributed by atoms with E-state index in [-0.39, 0.29) is 17.2 Å². The lowest BCUT2D eigenvalue weighted by molar-refractivity contribution is 0.00258. The standard InChI is InChI=1S/C21H22N6O/c1-26-11-16(19-23-18(24-25-19)15-7-3-2-4-8-15)21(12-26)13-27(14-21)20(28)17-9-5-6-10-22-17/h2-10,16H,11-14H2,1H3,(H,23,24,25). The summed E-state index contributed by atoms with van der Waals surface area (Å²) in [6.45, 7) is 3.30. The topological polar surface area (TPSA) is 78.0 Å². The van der Waals surface area contributed by atoms with Crippen molar-refractivity contribution in [3.05, 3.63) is 66.2 Å². The smallest absolute Gasteiger partial charge is 0.272 e. The number of nitrogens with one attached hydrogen (secondary N) is 1. The molecule has 7 nitrogen and oxygen atoms in total. The van der Waals surface area contributed by atoms with Gasteiger partial charge in [-0.15, -0.1) is 0 Å². The number of nitrogens with zero attached hydrogens (tertiary/aromatic N) is 5. The van der Waals surface area contributed by atoms with Gasteiger partial charge in [0.1, 0.15) is 11.5 Å². The number of aromatic amines is 1. The summed E-state index contributed by atoms with van der Waals surface area (Å²) in [5.74, 6) is 1.87. The van der Waals surface area contributed by atoms with Crippen LogP contribution in [0.5, 0.6) is 0 Å². The van der Waals surface area contributed by atoms with E-state index in [0.29, 0.717) is 5.69 Å². The second-order valence-electron chi connectivity index (χ2n) is 7.90. The highest BCUT2D eigenvalue weighted by Crippen LogP contribution is 2.48. The summed E-state index contributed by atoms with van der Waals surface area (Å²) in [5, 5.41) is 7.60. The molecule has 2 saturated heterocycles. The fraction of sp³-hybridized carbons (Fsp3) is 0.333. The summed E-state index contributed by atoms with van der Waals surface area (Å²) in [6.07, 6.45) is 1.66. The number of aromatic nitrogens is 4. The maximum atomic E-state index is 12.7. The van der Waals surface area contributed by atoms with Gasteiger partial charge in [0.15, 0.2) is 5.82 Å². The fourth-order valence-corrected chi connectivity index (χ4v) is 4.57. The third kappa shape index (κ3) is 2.79. The lowest BCUT2D eigenvalue weighted by Gasteiger charge is -2.50. The van der Waals surface area contributed by atoms with Gasteiger partial charge >= 0.3 is 0 Å². The Morgan fingerprint density at radius 1 is 1.11 bits per heavy atom. The first kappa shape index (κ1) is 17.1. The molecule has 4 heterocycles. The molecule has 7 heteroatoms. The first-order valence-corrected chi connectivity index (χ1v) is 9.51. The van der Waals surface area contributed by atoms with Gasteiger partial charge in [-0.1, -0.05) is 36.4 Å². The molecule has 2 fully saturated rings. The van der Waals surface area contributed by atoms with Crippen molar-refractivity contribution in [1.29, 1.82) is 0 Å². The molecule has 1 amide bonds. The van der Waals surface area contributed by atoms with Gasteiger partial charge in [-0.25, -0.2) is 4.98 Å². The molecule has 2 aromatic heterocycles. The molecule has 0 bridgehead atoms. The van der Waals surface area contributed by atoms with Gasteiger partial charge in [0.2, 0.25) is 0 Å². The molecule has 142 valence electrons. The second-order valence-corrected chi connectivity index (χ2v) is 7.90. The lowest BCUT2D eigenvalue weighted by Crippen LogP contribution is -2.61. The number of rotatable bonds is 3. The number of amides is 1. The van der Waals surface area contributed by atoms with Crippen LogP contribution in [0.4, 0.5) is 0 Å². The SMILES string of the molecule is CN1CC(c2nc(-c3ccccc3)n[nH]2)C2(C1)CN(C(=O)c1ccccn1)C2. The summed E-state index contributed by atoms with van der Waals surface area (Å²) in [4.78, 5) is 25.9. The van der Waals surface area contributed by atoms with Crippen molar-refractivity contribution in [3.63, 3.8) is 0 Å². The molecule has 1 unspecified atom stereocenters. The van der Waals surface area contributed by atoms with E-state index in [1.54, 1.807) is 12.3 Å². The van der Waals surface area contributed by atoms with Crippen LogP contribution in [-0.4, -0.2) is 69.1 Å². The van der Waals surface area contributed by atoms with E-state index in [1.807, 2.05) is 47.4 Å². The summed E-state index contributed by atoms with van der Waals surface area (Å²) in [6, 6.07) is 15.4. The zero-order chi connectivity index (χ0) is 19.1. The van der Waals surface area contributed by atoms with Crippen molar-refractivity contribution in [3.8, 4) is 11.4 Å². The number of likely N-dealkylation sites (tertiary alicyclic amines) is 2. The van der Waals surface area contributed by atoms with Gasteiger partial charge in [-0.05, 0) is 19.2 Å². The average Bonchev–Trinajstić information content (AvgIpc) is 3.32. The number of hydrogen-bond acceptors (Lipinski definition) is 5. The Morgan fingerprint density at radius 2 is 1.89 bits per heavy atom. The third-order valence-corrected chi connectivity index (χ3v) is 5.87. The number of carbonyl (C=O) groups excluding carboxylic acids is 1. The largest absolute Gasteiger partial charge is 0.336 e. The maximum absolute atomic E-state index is 12.7. The summed E-state index contributed by atoms with van der Waals surface area (Å²) < 4.78 is 0. The Balaban J connectivity index is 1.36. The maximum Gasteiger partial charge on any atom is 0.272 e. The molecule has 0 saturated carbocycles. The van der Waals surface area contributed by atoms with Crippen LogP contribution < -0.4 is 0 Å². The highest BCUT2D eigenvalue weighted by molar-refractivity contribution is 5.93. The van der Waals surface area contributed by atoms with E-state index in [0.717, 1.165) is 43.4 Å². The molecule has 0 radical (unpaired) electrons. The summed E-state index contributed by atoms with van der Waals surface area (Å²) in [7, 11) is 2.12. The van der Waals surface area contributed by atoms with Crippen molar-refractivity contribution >= 4 is 5.91 Å². The van der Waals surface area contributed by atoms with E-state index in [2.05, 4.69) is 27.1 Å². The number of pyridine rings is 1. The van der Waals surface area contributed by atoms with Gasteiger partial charge < -0.3 is 9.80 Å². The molecular weight excluding hydrogens is 352 g/mol. The molecule has 1 aromatic carbocycles. The van der Waals surface area contributed by atoms with Crippen LogP contribution >= 0.6 is 0 Å². The van der Waals surface area contributed by atoms with Crippen molar-refractivity contribution in [2.45, 2.75) is 5.92 Å². The summed E-state index contributed by atoms with van der Waals surface area (Å²) in [5.41, 5.74) is 1.53. The lowest BCUT2D eigenvalue weighted by atomic mass is 9.71. The van der Waals surface area contributed by atoms with E-state index >= 15 is 0 Å². The Kier molecular flexibility index (Phi) is 3.98. The van der Waals surface area contributed by atoms with Crippen LogP contribution in [-0.2, 0) is 0 Å². The normalized spacial score (nSPS) is 21.0. The minimum atomic E-state index is 0.00192. The second kappa shape index (κ2) is 6.53. The van der Waals surface area contributed by atoms with Crippen LogP contribution in [0.15, 0.2) is 54.7 Å². The number of H-pyrrole nitrogens is 1. The zero-order valence-electron chi connectivity index (χ0n) is 15.7. The zero-order valence-corrected chi connectivity index (χ0v) is 15.7. The van der Waals surface area contributed by atoms with Crippen LogP contribution in [0.25, 0.3) is 11.4 Å². The number of likely N-dealkylation sites (N-methyl/N-ethyl adjacent to an activating group) is 1. The monoisotopic (exact) mass is 374 g/mol. The molecule has 2 aliphatic heterocycles. The van der Waals surface area contributed by atoms with Crippen molar-refractivity contribution in [1.82, 2.24) is 30.0 Å². The molecular formula is C21H22N6O. The summed E-state index contributed by atoms with van der Waals surface area (Å²) >= 11 is 0. The predicted molar refractivity (Wildman–Crippen MR) is 105 cm³/mol. The molecule has 1 atom stereocenters. The third-order valence-electron chi connectivity index (χ3n) is 5.87. The first-order valence-electron chi connectivity index (χ1n) is 9.51. The molecule has 28 heavy (non-hydrogen) atoms. The molecule has 3 aromatic rings. The van der Waals surface area contributed by atoms with Gasteiger partial charge in [0.05, 0.1) is 0 Å². The van der Waals surface area contributed by atoms with Crippen LogP contribution in [0.1, 0.15) is 22.2 Å². The first-order chi connectivity index (χ1) is 13.6. The molecule has 0 aliphatic carbocycles. The molecule has 2 aliphatic rings. The van der Waals surface area contributed by atoms with E-state index in [9.17, 15) is 4.79 Å². The van der Waals surface area contributed by atoms with Crippen molar-refractivity contribution in [2.75, 3.05) is 33.2 Å². The van der Waals surface area contributed by atoms with E-state index in [4.69, 9.17) is 4.98 Å². The minimum absolute atomic E-state index is 0.00192. The highest BCUT2D eigenvalue weighted by Gasteiger charge is 2.56. The van der Waals surface area contributed by atoms with E-state index < -0.39 is 0 Å². The van der Waals surface area contributed by atoms with Gasteiger partial charge in [-0.2, -0.15) is 5.10 Å². The number of benzene rings is 1. The van der Waals surface area contributed by atoms with E-state index in [1.165, 1.54) is 0 Å². The number of hydrogen-bond donors (Lipinski definition) is 1. The Labute approximate surface area is 163 Å². The minimum Gasteiger partial charge on any atom is -0.336 e. The van der Waals surface area contributed by atoms with Gasteiger partial charge in [0, 0.05) is 49.3 Å². The Morgan fingerprint density at radius 3 is 2.64 bits per heavy atom. The van der Waals surface area contributed by atoms with Crippen molar-refractivity contribution in [2.24, 2.45) is 5.41 Å².